The van der Waals surface area contributed by atoms with Gasteiger partial charge in [-0.2, -0.15) is 0 Å². The molecule has 0 aliphatic heterocycles. The van der Waals surface area contributed by atoms with Gasteiger partial charge in [-0.15, -0.1) is 0 Å². The fourth-order valence-electron chi connectivity index (χ4n) is 0.990. The second-order valence-electron chi connectivity index (χ2n) is 3.19. The predicted octanol–water partition coefficient (Wildman–Crippen LogP) is 2.06. The number of aliphatic hydroxyl groups excluding tert-OH is 1. The normalized spacial score (nSPS) is 12.3. The molecule has 0 aliphatic rings. The highest BCUT2D eigenvalue weighted by Gasteiger charge is 2.10. The van der Waals surface area contributed by atoms with Crippen molar-refractivity contribution in [2.75, 3.05) is 6.61 Å². The minimum absolute atomic E-state index is 0.0795. The van der Waals surface area contributed by atoms with E-state index in [1.54, 1.807) is 25.1 Å². The zero-order valence-corrected chi connectivity index (χ0v) is 11.0. The lowest BCUT2D eigenvalue weighted by molar-refractivity contribution is 0.0922. The first-order valence-corrected chi connectivity index (χ1v) is 5.87. The molecule has 3 nitrogen and oxygen atoms in total. The Bertz CT molecular complexity index is 370. The summed E-state index contributed by atoms with van der Waals surface area (Å²) in [4.78, 5) is 11.6. The van der Waals surface area contributed by atoms with Gasteiger partial charge in [0, 0.05) is 15.2 Å². The third kappa shape index (κ3) is 3.62. The molecular weight excluding hydrogens is 328 g/mol. The molecule has 0 spiro atoms. The third-order valence-electron chi connectivity index (χ3n) is 1.83. The molecule has 82 valence electrons. The Labute approximate surface area is 107 Å². The lowest BCUT2D eigenvalue weighted by atomic mass is 10.2. The predicted molar refractivity (Wildman–Crippen MR) is 68.2 cm³/mol. The largest absolute Gasteiger partial charge is 0.394 e. The number of amides is 1. The maximum atomic E-state index is 11.6. The van der Waals surface area contributed by atoms with Crippen molar-refractivity contribution in [3.8, 4) is 0 Å². The average molecular weight is 340 g/mol. The summed E-state index contributed by atoms with van der Waals surface area (Å²) >= 11 is 7.99. The van der Waals surface area contributed by atoms with Crippen LogP contribution >= 0.6 is 34.2 Å². The maximum Gasteiger partial charge on any atom is 0.251 e. The van der Waals surface area contributed by atoms with Crippen LogP contribution in [0.1, 0.15) is 17.3 Å². The Morgan fingerprint density at radius 1 is 1.67 bits per heavy atom. The Kier molecular flexibility index (Phi) is 4.82. The van der Waals surface area contributed by atoms with Crippen LogP contribution in [0.3, 0.4) is 0 Å². The van der Waals surface area contributed by atoms with Gasteiger partial charge in [0.25, 0.3) is 5.91 Å². The number of nitrogens with one attached hydrogen (secondary N) is 1. The summed E-state index contributed by atoms with van der Waals surface area (Å²) in [6.45, 7) is 1.65. The van der Waals surface area contributed by atoms with E-state index in [4.69, 9.17) is 16.7 Å². The number of carbonyl (C=O) groups excluding carboxylic acids is 1. The van der Waals surface area contributed by atoms with E-state index in [-0.39, 0.29) is 18.6 Å². The summed E-state index contributed by atoms with van der Waals surface area (Å²) in [7, 11) is 0. The molecule has 1 amide bonds. The molecule has 1 aromatic rings. The van der Waals surface area contributed by atoms with Crippen LogP contribution in [0.5, 0.6) is 0 Å². The Morgan fingerprint density at radius 2 is 2.33 bits per heavy atom. The lowest BCUT2D eigenvalue weighted by Crippen LogP contribution is -2.34. The van der Waals surface area contributed by atoms with Crippen molar-refractivity contribution in [3.63, 3.8) is 0 Å². The Morgan fingerprint density at radius 3 is 2.87 bits per heavy atom. The highest BCUT2D eigenvalue weighted by atomic mass is 127. The van der Waals surface area contributed by atoms with E-state index in [0.29, 0.717) is 10.6 Å². The van der Waals surface area contributed by atoms with Crippen LogP contribution in [-0.2, 0) is 0 Å². The number of carbonyl (C=O) groups is 1. The smallest absolute Gasteiger partial charge is 0.251 e. The number of hydrogen-bond donors (Lipinski definition) is 2. The first kappa shape index (κ1) is 12.7. The first-order valence-electron chi connectivity index (χ1n) is 4.41. The second-order valence-corrected chi connectivity index (χ2v) is 4.76. The summed E-state index contributed by atoms with van der Waals surface area (Å²) in [5, 5.41) is 12.0. The molecule has 0 bridgehead atoms. The number of aliphatic hydroxyl groups is 1. The zero-order chi connectivity index (χ0) is 11.4. The summed E-state index contributed by atoms with van der Waals surface area (Å²) < 4.78 is 0.904. The molecule has 2 N–H and O–H groups in total. The van der Waals surface area contributed by atoms with Crippen molar-refractivity contribution in [1.82, 2.24) is 5.32 Å². The van der Waals surface area contributed by atoms with Gasteiger partial charge in [0.15, 0.2) is 0 Å². The van der Waals surface area contributed by atoms with Crippen molar-refractivity contribution in [1.29, 1.82) is 0 Å². The van der Waals surface area contributed by atoms with Gasteiger partial charge >= 0.3 is 0 Å². The molecule has 0 aromatic heterocycles. The second kappa shape index (κ2) is 5.67. The molecule has 1 atom stereocenters. The zero-order valence-electron chi connectivity index (χ0n) is 8.13. The van der Waals surface area contributed by atoms with E-state index in [0.717, 1.165) is 3.57 Å². The van der Waals surface area contributed by atoms with E-state index in [2.05, 4.69) is 27.9 Å². The minimum atomic E-state index is -0.254. The lowest BCUT2D eigenvalue weighted by Gasteiger charge is -2.10. The number of halogens is 2. The molecule has 0 saturated carbocycles. The molecule has 0 saturated heterocycles. The van der Waals surface area contributed by atoms with Gasteiger partial charge in [0.2, 0.25) is 0 Å². The van der Waals surface area contributed by atoms with Gasteiger partial charge < -0.3 is 10.4 Å². The van der Waals surface area contributed by atoms with E-state index in [9.17, 15) is 4.79 Å². The van der Waals surface area contributed by atoms with E-state index in [1.165, 1.54) is 0 Å². The van der Waals surface area contributed by atoms with E-state index >= 15 is 0 Å². The fourth-order valence-corrected chi connectivity index (χ4v) is 1.51. The van der Waals surface area contributed by atoms with Crippen LogP contribution in [0.2, 0.25) is 5.02 Å². The van der Waals surface area contributed by atoms with E-state index < -0.39 is 0 Å². The van der Waals surface area contributed by atoms with Crippen molar-refractivity contribution in [3.05, 3.63) is 32.4 Å². The molecule has 5 heteroatoms. The number of benzene rings is 1. The molecule has 0 heterocycles. The van der Waals surface area contributed by atoms with Gasteiger partial charge in [-0.1, -0.05) is 11.6 Å². The monoisotopic (exact) mass is 339 g/mol. The molecule has 0 aliphatic carbocycles. The molecule has 0 fully saturated rings. The van der Waals surface area contributed by atoms with E-state index in [1.807, 2.05) is 0 Å². The maximum absolute atomic E-state index is 11.6. The van der Waals surface area contributed by atoms with Gasteiger partial charge in [-0.3, -0.25) is 4.79 Å². The average Bonchev–Trinajstić information content (AvgIpc) is 2.21. The highest BCUT2D eigenvalue weighted by molar-refractivity contribution is 14.1. The summed E-state index contributed by atoms with van der Waals surface area (Å²) in [5.74, 6) is -0.227. The van der Waals surface area contributed by atoms with Crippen molar-refractivity contribution >= 4 is 40.1 Å². The van der Waals surface area contributed by atoms with Crippen molar-refractivity contribution in [2.45, 2.75) is 13.0 Å². The Balaban J connectivity index is 2.78. The number of rotatable bonds is 3. The van der Waals surface area contributed by atoms with Crippen LogP contribution < -0.4 is 5.32 Å². The van der Waals surface area contributed by atoms with Crippen LogP contribution in [0, 0.1) is 3.57 Å². The van der Waals surface area contributed by atoms with Crippen LogP contribution in [0.4, 0.5) is 0 Å². The van der Waals surface area contributed by atoms with Gasteiger partial charge in [0.05, 0.1) is 11.6 Å². The standard InChI is InChI=1S/C10H11ClINO2/c1-6(5-14)13-10(15)7-2-3-9(12)8(11)4-7/h2-4,6,14H,5H2,1H3,(H,13,15). The molecular formula is C10H11ClINO2. The third-order valence-corrected chi connectivity index (χ3v) is 3.41. The molecule has 1 rings (SSSR count). The SMILES string of the molecule is CC(CO)NC(=O)c1ccc(I)c(Cl)c1. The molecule has 1 unspecified atom stereocenters. The highest BCUT2D eigenvalue weighted by Crippen LogP contribution is 2.19. The molecule has 15 heavy (non-hydrogen) atoms. The van der Waals surface area contributed by atoms with Crippen LogP contribution in [0.25, 0.3) is 0 Å². The van der Waals surface area contributed by atoms with Crippen molar-refractivity contribution in [2.24, 2.45) is 0 Å². The summed E-state index contributed by atoms with van der Waals surface area (Å²) in [6, 6.07) is 4.84. The first-order chi connectivity index (χ1) is 7.04. The summed E-state index contributed by atoms with van der Waals surface area (Å²) in [5.41, 5.74) is 0.501. The summed E-state index contributed by atoms with van der Waals surface area (Å²) in [6.07, 6.45) is 0. The fraction of sp³-hybridized carbons (Fsp3) is 0.300. The Hall–Kier alpha value is -0.330. The minimum Gasteiger partial charge on any atom is -0.394 e. The van der Waals surface area contributed by atoms with Crippen LogP contribution in [0.15, 0.2) is 18.2 Å². The molecule has 0 radical (unpaired) electrons. The van der Waals surface area contributed by atoms with Gasteiger partial charge in [-0.25, -0.2) is 0 Å². The van der Waals surface area contributed by atoms with Gasteiger partial charge in [-0.05, 0) is 47.7 Å². The topological polar surface area (TPSA) is 49.3 Å². The van der Waals surface area contributed by atoms with Crippen LogP contribution in [-0.4, -0.2) is 23.7 Å². The molecule has 1 aromatic carbocycles. The van der Waals surface area contributed by atoms with Crippen molar-refractivity contribution < 1.29 is 9.90 Å². The van der Waals surface area contributed by atoms with Gasteiger partial charge in [0.1, 0.15) is 0 Å². The quantitative estimate of drug-likeness (QED) is 0.828. The number of hydrogen-bond acceptors (Lipinski definition) is 2.